The van der Waals surface area contributed by atoms with E-state index in [0.717, 1.165) is 10.3 Å². The molecule has 0 aliphatic carbocycles. The van der Waals surface area contributed by atoms with Crippen LogP contribution in [0.2, 0.25) is 0 Å². The number of nitrogens with two attached hydrogens (primary N) is 1. The highest BCUT2D eigenvalue weighted by Gasteiger charge is 1.88. The van der Waals surface area contributed by atoms with Crippen molar-refractivity contribution in [2.75, 3.05) is 5.32 Å². The largest absolute Gasteiger partial charge is 0.403 e. The smallest absolute Gasteiger partial charge is 0.129 e. The average Bonchev–Trinajstić information content (AvgIpc) is 2.04. The van der Waals surface area contributed by atoms with Crippen molar-refractivity contribution in [1.29, 1.82) is 0 Å². The minimum atomic E-state index is 0.773. The SMILES string of the molecule is N/C=C\Nc1ccc(Br)cn1. The molecule has 0 saturated heterocycles. The van der Waals surface area contributed by atoms with Gasteiger partial charge in [0.2, 0.25) is 0 Å². The van der Waals surface area contributed by atoms with Crippen molar-refractivity contribution in [2.45, 2.75) is 0 Å². The number of hydrogen-bond acceptors (Lipinski definition) is 3. The molecule has 0 amide bonds. The normalized spacial score (nSPS) is 10.3. The van der Waals surface area contributed by atoms with Gasteiger partial charge in [0.05, 0.1) is 0 Å². The fraction of sp³-hybridized carbons (Fsp3) is 0. The highest BCUT2D eigenvalue weighted by atomic mass is 79.9. The van der Waals surface area contributed by atoms with Gasteiger partial charge in [-0.15, -0.1) is 0 Å². The van der Waals surface area contributed by atoms with Gasteiger partial charge in [0, 0.05) is 23.1 Å². The van der Waals surface area contributed by atoms with Crippen LogP contribution in [0.3, 0.4) is 0 Å². The second kappa shape index (κ2) is 3.98. The zero-order valence-electron chi connectivity index (χ0n) is 5.79. The molecule has 4 heteroatoms. The molecular weight excluding hydrogens is 206 g/mol. The lowest BCUT2D eigenvalue weighted by Gasteiger charge is -1.97. The first kappa shape index (κ1) is 8.07. The number of pyridine rings is 1. The third-order valence-electron chi connectivity index (χ3n) is 1.05. The van der Waals surface area contributed by atoms with Gasteiger partial charge in [0.15, 0.2) is 0 Å². The molecule has 0 atom stereocenters. The Morgan fingerprint density at radius 3 is 2.91 bits per heavy atom. The molecule has 58 valence electrons. The maximum Gasteiger partial charge on any atom is 0.129 e. The van der Waals surface area contributed by atoms with Crippen molar-refractivity contribution in [2.24, 2.45) is 5.73 Å². The Bertz CT molecular complexity index is 242. The van der Waals surface area contributed by atoms with Crippen LogP contribution >= 0.6 is 15.9 Å². The number of nitrogens with one attached hydrogen (secondary N) is 1. The molecular formula is C7H8BrN3. The molecule has 0 fully saturated rings. The summed E-state index contributed by atoms with van der Waals surface area (Å²) in [6.45, 7) is 0. The zero-order chi connectivity index (χ0) is 8.10. The minimum absolute atomic E-state index is 0.773. The van der Waals surface area contributed by atoms with E-state index < -0.39 is 0 Å². The number of aromatic nitrogens is 1. The first-order valence-corrected chi connectivity index (χ1v) is 3.87. The fourth-order valence-corrected chi connectivity index (χ4v) is 0.829. The molecule has 0 unspecified atom stereocenters. The van der Waals surface area contributed by atoms with Crippen LogP contribution in [-0.4, -0.2) is 4.98 Å². The summed E-state index contributed by atoms with van der Waals surface area (Å²) in [5.41, 5.74) is 5.13. The van der Waals surface area contributed by atoms with Crippen LogP contribution in [0.1, 0.15) is 0 Å². The van der Waals surface area contributed by atoms with Gasteiger partial charge in [-0.05, 0) is 28.1 Å². The summed E-state index contributed by atoms with van der Waals surface area (Å²) in [6, 6.07) is 3.75. The monoisotopic (exact) mass is 213 g/mol. The van der Waals surface area contributed by atoms with E-state index in [1.54, 1.807) is 12.4 Å². The lowest BCUT2D eigenvalue weighted by atomic mass is 10.5. The van der Waals surface area contributed by atoms with Gasteiger partial charge in [-0.3, -0.25) is 0 Å². The maximum atomic E-state index is 5.13. The zero-order valence-corrected chi connectivity index (χ0v) is 7.38. The Hall–Kier alpha value is -1.03. The number of nitrogens with zero attached hydrogens (tertiary/aromatic N) is 1. The van der Waals surface area contributed by atoms with Crippen molar-refractivity contribution in [3.8, 4) is 0 Å². The predicted octanol–water partition coefficient (Wildman–Crippen LogP) is 1.69. The van der Waals surface area contributed by atoms with E-state index in [-0.39, 0.29) is 0 Å². The Kier molecular flexibility index (Phi) is 2.92. The van der Waals surface area contributed by atoms with Crippen LogP contribution in [0.25, 0.3) is 0 Å². The van der Waals surface area contributed by atoms with Gasteiger partial charge in [0.25, 0.3) is 0 Å². The third-order valence-corrected chi connectivity index (χ3v) is 1.52. The summed E-state index contributed by atoms with van der Waals surface area (Å²) >= 11 is 3.28. The van der Waals surface area contributed by atoms with Crippen LogP contribution in [0.5, 0.6) is 0 Å². The maximum absolute atomic E-state index is 5.13. The molecule has 0 aromatic carbocycles. The average molecular weight is 214 g/mol. The van der Waals surface area contributed by atoms with Crippen molar-refractivity contribution in [1.82, 2.24) is 4.98 Å². The minimum Gasteiger partial charge on any atom is -0.403 e. The summed E-state index contributed by atoms with van der Waals surface area (Å²) < 4.78 is 0.958. The molecule has 1 heterocycles. The Labute approximate surface area is 73.4 Å². The first-order valence-electron chi connectivity index (χ1n) is 3.08. The van der Waals surface area contributed by atoms with Crippen LogP contribution in [-0.2, 0) is 0 Å². The Morgan fingerprint density at radius 1 is 1.55 bits per heavy atom. The molecule has 1 aromatic rings. The molecule has 1 aromatic heterocycles. The molecule has 0 spiro atoms. The number of hydrogen-bond donors (Lipinski definition) is 2. The molecule has 0 radical (unpaired) electrons. The lowest BCUT2D eigenvalue weighted by Crippen LogP contribution is -1.91. The van der Waals surface area contributed by atoms with Gasteiger partial charge >= 0.3 is 0 Å². The van der Waals surface area contributed by atoms with Crippen molar-refractivity contribution in [3.63, 3.8) is 0 Å². The Morgan fingerprint density at radius 2 is 2.36 bits per heavy atom. The van der Waals surface area contributed by atoms with Crippen molar-refractivity contribution in [3.05, 3.63) is 35.2 Å². The van der Waals surface area contributed by atoms with E-state index >= 15 is 0 Å². The van der Waals surface area contributed by atoms with E-state index in [9.17, 15) is 0 Å². The summed E-state index contributed by atoms with van der Waals surface area (Å²) in [5, 5.41) is 2.88. The molecule has 0 bridgehead atoms. The topological polar surface area (TPSA) is 50.9 Å². The molecule has 0 saturated carbocycles. The summed E-state index contributed by atoms with van der Waals surface area (Å²) in [7, 11) is 0. The van der Waals surface area contributed by atoms with E-state index in [0.29, 0.717) is 0 Å². The van der Waals surface area contributed by atoms with Gasteiger partial charge in [-0.1, -0.05) is 0 Å². The highest BCUT2D eigenvalue weighted by molar-refractivity contribution is 9.10. The van der Waals surface area contributed by atoms with Gasteiger partial charge in [-0.25, -0.2) is 4.98 Å². The van der Waals surface area contributed by atoms with Crippen LogP contribution in [0.15, 0.2) is 35.2 Å². The summed E-state index contributed by atoms with van der Waals surface area (Å²) in [6.07, 6.45) is 4.76. The molecule has 3 N–H and O–H groups in total. The molecule has 11 heavy (non-hydrogen) atoms. The summed E-state index contributed by atoms with van der Waals surface area (Å²) in [4.78, 5) is 4.05. The van der Waals surface area contributed by atoms with Gasteiger partial charge < -0.3 is 11.1 Å². The predicted molar refractivity (Wildman–Crippen MR) is 48.9 cm³/mol. The molecule has 0 aliphatic heterocycles. The summed E-state index contributed by atoms with van der Waals surface area (Å²) in [5.74, 6) is 0.773. The van der Waals surface area contributed by atoms with Gasteiger partial charge in [-0.2, -0.15) is 0 Å². The van der Waals surface area contributed by atoms with E-state index in [4.69, 9.17) is 5.73 Å². The fourth-order valence-electron chi connectivity index (χ4n) is 0.595. The molecule has 0 aliphatic rings. The van der Waals surface area contributed by atoms with E-state index in [1.807, 2.05) is 12.1 Å². The number of anilines is 1. The van der Waals surface area contributed by atoms with Crippen molar-refractivity contribution < 1.29 is 0 Å². The van der Waals surface area contributed by atoms with E-state index in [1.165, 1.54) is 6.20 Å². The van der Waals surface area contributed by atoms with Crippen LogP contribution < -0.4 is 11.1 Å². The molecule has 3 nitrogen and oxygen atoms in total. The molecule has 1 rings (SSSR count). The second-order valence-corrected chi connectivity index (χ2v) is 2.78. The Balaban J connectivity index is 2.66. The number of halogens is 1. The second-order valence-electron chi connectivity index (χ2n) is 1.87. The van der Waals surface area contributed by atoms with Crippen LogP contribution in [0.4, 0.5) is 5.82 Å². The van der Waals surface area contributed by atoms with Gasteiger partial charge in [0.1, 0.15) is 5.82 Å². The number of rotatable bonds is 2. The van der Waals surface area contributed by atoms with Crippen molar-refractivity contribution >= 4 is 21.7 Å². The third kappa shape index (κ3) is 2.59. The quantitative estimate of drug-likeness (QED) is 0.787. The first-order chi connectivity index (χ1) is 5.33. The standard InChI is InChI=1S/C7H8BrN3/c8-6-1-2-7(11-5-6)10-4-3-9/h1-5H,9H2,(H,10,11)/b4-3-. The van der Waals surface area contributed by atoms with E-state index in [2.05, 4.69) is 26.2 Å². The highest BCUT2D eigenvalue weighted by Crippen LogP contribution is 2.09. The lowest BCUT2D eigenvalue weighted by molar-refractivity contribution is 1.29. The van der Waals surface area contributed by atoms with Crippen LogP contribution in [0, 0.1) is 0 Å².